The lowest BCUT2D eigenvalue weighted by Gasteiger charge is -2.05. The topological polar surface area (TPSA) is 62.7 Å². The smallest absolute Gasteiger partial charge is 0.206 e. The molecule has 2 aromatic carbocycles. The van der Waals surface area contributed by atoms with Crippen LogP contribution in [0.25, 0.3) is 11.3 Å². The number of rotatable bonds is 6. The summed E-state index contributed by atoms with van der Waals surface area (Å²) in [5.41, 5.74) is 3.53. The summed E-state index contributed by atoms with van der Waals surface area (Å²) in [4.78, 5) is 5.39. The van der Waals surface area contributed by atoms with Gasteiger partial charge < -0.3 is 4.74 Å². The molecule has 3 rings (SSSR count). The summed E-state index contributed by atoms with van der Waals surface area (Å²) in [5, 5.41) is 15.6. The average molecular weight is 441 g/mol. The maximum atomic E-state index is 8.92. The molecule has 1 aromatic heterocycles. The molecule has 0 aliphatic rings. The standard InChI is InChI=1S/C20H17BrN4OS/c1-26-11-10-23-20-25(24-13-16-8-6-15(12-22)7-9-16)19(14-27-20)17-4-2-3-5-18(17)21/h2-9,13-14H,10-11H2,1H3/b23-20?,24-13-. The number of nitriles is 1. The molecule has 7 heteroatoms. The van der Waals surface area contributed by atoms with Crippen LogP contribution in [0.15, 0.2) is 68.5 Å². The SMILES string of the molecule is COCCN=c1scc(-c2ccccc2Br)n1/N=C\c1ccc(C#N)cc1. The normalized spacial score (nSPS) is 11.8. The minimum atomic E-state index is 0.557. The molecule has 0 N–H and O–H groups in total. The number of ether oxygens (including phenoxy) is 1. The van der Waals surface area contributed by atoms with E-state index in [4.69, 9.17) is 10.00 Å². The van der Waals surface area contributed by atoms with Crippen molar-refractivity contribution in [3.8, 4) is 17.3 Å². The number of halogens is 1. The van der Waals surface area contributed by atoms with Gasteiger partial charge >= 0.3 is 0 Å². The van der Waals surface area contributed by atoms with E-state index < -0.39 is 0 Å². The molecule has 27 heavy (non-hydrogen) atoms. The van der Waals surface area contributed by atoms with E-state index in [1.165, 1.54) is 11.3 Å². The van der Waals surface area contributed by atoms with Crippen LogP contribution in [-0.4, -0.2) is 31.2 Å². The van der Waals surface area contributed by atoms with E-state index in [0.29, 0.717) is 18.7 Å². The predicted octanol–water partition coefficient (Wildman–Crippen LogP) is 4.28. The Bertz CT molecular complexity index is 1040. The van der Waals surface area contributed by atoms with Gasteiger partial charge in [-0.3, -0.25) is 4.99 Å². The van der Waals surface area contributed by atoms with Crippen LogP contribution in [0.2, 0.25) is 0 Å². The molecule has 136 valence electrons. The second-order valence-corrected chi connectivity index (χ2v) is 7.24. The van der Waals surface area contributed by atoms with Crippen LogP contribution in [0.3, 0.4) is 0 Å². The number of methoxy groups -OCH3 is 1. The average Bonchev–Trinajstić information content (AvgIpc) is 3.10. The van der Waals surface area contributed by atoms with Crippen molar-refractivity contribution in [1.82, 2.24) is 4.68 Å². The molecule has 0 aliphatic heterocycles. The number of benzene rings is 2. The van der Waals surface area contributed by atoms with Crippen molar-refractivity contribution in [2.45, 2.75) is 0 Å². The summed E-state index contributed by atoms with van der Waals surface area (Å²) in [5.74, 6) is 0. The first kappa shape index (κ1) is 19.2. The molecule has 0 fully saturated rings. The monoisotopic (exact) mass is 440 g/mol. The van der Waals surface area contributed by atoms with Crippen LogP contribution in [0.5, 0.6) is 0 Å². The van der Waals surface area contributed by atoms with Gasteiger partial charge in [-0.25, -0.2) is 4.68 Å². The number of hydrogen-bond acceptors (Lipinski definition) is 5. The Labute approximate surface area is 170 Å². The summed E-state index contributed by atoms with van der Waals surface area (Å²) >= 11 is 5.14. The number of aromatic nitrogens is 1. The fourth-order valence-electron chi connectivity index (χ4n) is 2.37. The molecule has 0 saturated heterocycles. The minimum absolute atomic E-state index is 0.557. The van der Waals surface area contributed by atoms with E-state index in [1.54, 1.807) is 25.5 Å². The number of hydrogen-bond donors (Lipinski definition) is 0. The van der Waals surface area contributed by atoms with Crippen LogP contribution in [-0.2, 0) is 4.74 Å². The number of thiazole rings is 1. The van der Waals surface area contributed by atoms with Crippen LogP contribution in [0, 0.1) is 11.3 Å². The fourth-order valence-corrected chi connectivity index (χ4v) is 3.72. The molecule has 0 unspecified atom stereocenters. The Morgan fingerprint density at radius 3 is 2.70 bits per heavy atom. The Morgan fingerprint density at radius 2 is 2.00 bits per heavy atom. The van der Waals surface area contributed by atoms with Gasteiger partial charge in [0.15, 0.2) is 0 Å². The van der Waals surface area contributed by atoms with E-state index in [2.05, 4.69) is 32.1 Å². The highest BCUT2D eigenvalue weighted by atomic mass is 79.9. The highest BCUT2D eigenvalue weighted by Gasteiger charge is 2.10. The van der Waals surface area contributed by atoms with Crippen LogP contribution < -0.4 is 4.80 Å². The summed E-state index contributed by atoms with van der Waals surface area (Å²) in [6.45, 7) is 1.13. The molecule has 1 heterocycles. The van der Waals surface area contributed by atoms with Gasteiger partial charge in [-0.15, -0.1) is 11.3 Å². The third-order valence-electron chi connectivity index (χ3n) is 3.74. The third-order valence-corrected chi connectivity index (χ3v) is 5.29. The Kier molecular flexibility index (Phi) is 6.71. The Balaban J connectivity index is 2.03. The minimum Gasteiger partial charge on any atom is -0.383 e. The van der Waals surface area contributed by atoms with Crippen molar-refractivity contribution in [2.24, 2.45) is 10.1 Å². The molecule has 3 aromatic rings. The Morgan fingerprint density at radius 1 is 1.22 bits per heavy atom. The van der Waals surface area contributed by atoms with Crippen molar-refractivity contribution in [3.63, 3.8) is 0 Å². The van der Waals surface area contributed by atoms with Gasteiger partial charge in [-0.1, -0.05) is 46.3 Å². The highest BCUT2D eigenvalue weighted by Crippen LogP contribution is 2.28. The molecule has 0 saturated carbocycles. The van der Waals surface area contributed by atoms with Crippen LogP contribution in [0.1, 0.15) is 11.1 Å². The first-order chi connectivity index (χ1) is 13.2. The first-order valence-corrected chi connectivity index (χ1v) is 9.89. The molecule has 0 amide bonds. The maximum absolute atomic E-state index is 8.92. The molecule has 5 nitrogen and oxygen atoms in total. The van der Waals surface area contributed by atoms with Crippen molar-refractivity contribution in [2.75, 3.05) is 20.3 Å². The van der Waals surface area contributed by atoms with Crippen LogP contribution in [0.4, 0.5) is 0 Å². The zero-order valence-corrected chi connectivity index (χ0v) is 17.1. The molecular weight excluding hydrogens is 424 g/mol. The molecule has 0 atom stereocenters. The van der Waals surface area contributed by atoms with Gasteiger partial charge in [-0.2, -0.15) is 10.4 Å². The van der Waals surface area contributed by atoms with Crippen LogP contribution >= 0.6 is 27.3 Å². The lowest BCUT2D eigenvalue weighted by Crippen LogP contribution is -2.13. The largest absolute Gasteiger partial charge is 0.383 e. The van der Waals surface area contributed by atoms with Crippen molar-refractivity contribution >= 4 is 33.5 Å². The second-order valence-electron chi connectivity index (χ2n) is 5.55. The van der Waals surface area contributed by atoms with Crippen molar-refractivity contribution < 1.29 is 4.74 Å². The lowest BCUT2D eigenvalue weighted by molar-refractivity contribution is 0.207. The highest BCUT2D eigenvalue weighted by molar-refractivity contribution is 9.10. The molecule has 0 radical (unpaired) electrons. The van der Waals surface area contributed by atoms with Gasteiger partial charge in [0.05, 0.1) is 36.7 Å². The van der Waals surface area contributed by atoms with Gasteiger partial charge in [0, 0.05) is 22.5 Å². The van der Waals surface area contributed by atoms with Gasteiger partial charge in [-0.05, 0) is 23.8 Å². The first-order valence-electron chi connectivity index (χ1n) is 8.22. The van der Waals surface area contributed by atoms with E-state index in [9.17, 15) is 0 Å². The van der Waals surface area contributed by atoms with Gasteiger partial charge in [0.25, 0.3) is 0 Å². The molecular formula is C20H17BrN4OS. The molecule has 0 spiro atoms. The number of nitrogens with zero attached hydrogens (tertiary/aromatic N) is 4. The second kappa shape index (κ2) is 9.42. The predicted molar refractivity (Wildman–Crippen MR) is 112 cm³/mol. The van der Waals surface area contributed by atoms with E-state index >= 15 is 0 Å². The summed E-state index contributed by atoms with van der Waals surface area (Å²) < 4.78 is 7.92. The van der Waals surface area contributed by atoms with Crippen molar-refractivity contribution in [3.05, 3.63) is 74.3 Å². The quantitative estimate of drug-likeness (QED) is 0.424. The molecule has 0 aliphatic carbocycles. The van der Waals surface area contributed by atoms with E-state index in [-0.39, 0.29) is 0 Å². The summed E-state index contributed by atoms with van der Waals surface area (Å²) in [7, 11) is 1.66. The Hall–Kier alpha value is -2.53. The summed E-state index contributed by atoms with van der Waals surface area (Å²) in [6.07, 6.45) is 1.77. The summed E-state index contributed by atoms with van der Waals surface area (Å²) in [6, 6.07) is 17.4. The zero-order chi connectivity index (χ0) is 19.1. The maximum Gasteiger partial charge on any atom is 0.206 e. The lowest BCUT2D eigenvalue weighted by atomic mass is 10.2. The fraction of sp³-hybridized carbons (Fsp3) is 0.150. The van der Waals surface area contributed by atoms with Gasteiger partial charge in [0.1, 0.15) is 0 Å². The third kappa shape index (κ3) is 4.80. The van der Waals surface area contributed by atoms with E-state index in [1.807, 2.05) is 46.5 Å². The van der Waals surface area contributed by atoms with Crippen molar-refractivity contribution in [1.29, 1.82) is 5.26 Å². The van der Waals surface area contributed by atoms with Gasteiger partial charge in [0.2, 0.25) is 4.80 Å². The van der Waals surface area contributed by atoms with E-state index in [0.717, 1.165) is 26.1 Å². The molecule has 0 bridgehead atoms. The zero-order valence-electron chi connectivity index (χ0n) is 14.7.